The number of nitrogens with zero attached hydrogens (tertiary/aromatic N) is 5. The van der Waals surface area contributed by atoms with E-state index in [4.69, 9.17) is 28.7 Å². The van der Waals surface area contributed by atoms with Crippen LogP contribution >= 0.6 is 11.3 Å². The lowest BCUT2D eigenvalue weighted by atomic mass is 10.0. The van der Waals surface area contributed by atoms with Gasteiger partial charge in [0.25, 0.3) is 0 Å². The van der Waals surface area contributed by atoms with Gasteiger partial charge in [-0.2, -0.15) is 0 Å². The molecule has 2 fully saturated rings. The van der Waals surface area contributed by atoms with Gasteiger partial charge in [0.1, 0.15) is 42.3 Å². The molecule has 0 bridgehead atoms. The molecule has 0 radical (unpaired) electrons. The monoisotopic (exact) mass is 1150 g/mol. The van der Waals surface area contributed by atoms with Crippen LogP contribution in [-0.2, 0) is 62.4 Å². The van der Waals surface area contributed by atoms with Crippen LogP contribution in [0.5, 0.6) is 0 Å². The third-order valence-corrected chi connectivity index (χ3v) is 14.6. The number of thiophene rings is 1. The quantitative estimate of drug-likeness (QED) is 0.0173. The molecule has 81 heavy (non-hydrogen) atoms. The minimum absolute atomic E-state index is 0.0520. The maximum absolute atomic E-state index is 14.5. The molecule has 0 saturated carbocycles. The molecular weight excluding hydrogens is 1070 g/mol. The molecule has 9 atom stereocenters. The Labute approximate surface area is 472 Å². The van der Waals surface area contributed by atoms with E-state index in [2.05, 4.69) is 36.6 Å². The van der Waals surface area contributed by atoms with Gasteiger partial charge in [0.2, 0.25) is 47.3 Å². The summed E-state index contributed by atoms with van der Waals surface area (Å²) in [6.45, 7) is -1.26. The van der Waals surface area contributed by atoms with Crippen molar-refractivity contribution < 1.29 is 58.5 Å². The zero-order chi connectivity index (χ0) is 59.2. The Kier molecular flexibility index (Phi) is 24.8. The second kappa shape index (κ2) is 31.5. The molecule has 2 aliphatic heterocycles. The number of rotatable bonds is 30. The van der Waals surface area contributed by atoms with E-state index in [9.17, 15) is 58.5 Å². The first-order valence-corrected chi connectivity index (χ1v) is 27.4. The highest BCUT2D eigenvalue weighted by Gasteiger charge is 2.45. The molecule has 2 saturated heterocycles. The van der Waals surface area contributed by atoms with E-state index in [1.807, 2.05) is 0 Å². The number of likely N-dealkylation sites (N-methyl/N-ethyl adjacent to an activating group) is 1. The first-order chi connectivity index (χ1) is 38.7. The summed E-state index contributed by atoms with van der Waals surface area (Å²) in [5, 5.41) is 45.8. The van der Waals surface area contributed by atoms with Crippen molar-refractivity contribution in [3.05, 3.63) is 94.2 Å². The Bertz CT molecular complexity index is 2680. The van der Waals surface area contributed by atoms with Gasteiger partial charge in [-0.1, -0.05) is 66.7 Å². The molecule has 1 unspecified atom stereocenters. The molecule has 3 heterocycles. The average Bonchev–Trinajstić information content (AvgIpc) is 4.30. The average molecular weight is 1150 g/mol. The van der Waals surface area contributed by atoms with Crippen LogP contribution in [0.1, 0.15) is 60.9 Å². The molecule has 2 aliphatic rings. The summed E-state index contributed by atoms with van der Waals surface area (Å²) in [6, 6.07) is 10.3. The summed E-state index contributed by atoms with van der Waals surface area (Å²) >= 11 is 1.27. The van der Waals surface area contributed by atoms with E-state index in [0.717, 1.165) is 4.90 Å². The Morgan fingerprint density at radius 1 is 0.716 bits per heavy atom. The summed E-state index contributed by atoms with van der Waals surface area (Å²) < 4.78 is 0. The lowest BCUT2D eigenvalue weighted by Gasteiger charge is -2.32. The number of carboxylic acid groups (broad SMARTS) is 1. The summed E-state index contributed by atoms with van der Waals surface area (Å²) in [7, 11) is 1.28. The summed E-state index contributed by atoms with van der Waals surface area (Å²) in [6.07, 6.45) is 0.0546. The molecule has 440 valence electrons. The van der Waals surface area contributed by atoms with Crippen LogP contribution in [0.2, 0.25) is 0 Å². The van der Waals surface area contributed by atoms with Crippen molar-refractivity contribution in [2.75, 3.05) is 46.4 Å². The SMILES string of the molecule is CN(C(=O)[C@H](CO)NC(=O)[C@H](Cc1cccs1)NC(=O)CNC(=O)[C@@H]1CC(O)CN1C(=O)[C@@H]1CCCN1C(=O)[C@H](N)CCCN=C(N)N)[C@H](Cc1ccccc1)C(=O)N[C@@H](Cc1ccccc1)C(=O)N[C@@H](CCCN=C(N)N)C(=O)O. The van der Waals surface area contributed by atoms with Gasteiger partial charge in [0.05, 0.1) is 25.3 Å². The zero-order valence-corrected chi connectivity index (χ0v) is 45.9. The first kappa shape index (κ1) is 63.6. The number of β-amino-alcohol motifs (C(OH)–C–C–N with tert-alkyl or cyclic N) is 1. The van der Waals surface area contributed by atoms with Gasteiger partial charge < -0.3 is 85.3 Å². The van der Waals surface area contributed by atoms with Gasteiger partial charge in [0.15, 0.2) is 11.9 Å². The number of hydrogen-bond acceptors (Lipinski definition) is 15. The zero-order valence-electron chi connectivity index (χ0n) is 45.1. The summed E-state index contributed by atoms with van der Waals surface area (Å²) in [4.78, 5) is 136. The van der Waals surface area contributed by atoms with Crippen molar-refractivity contribution in [3.63, 3.8) is 0 Å². The molecule has 8 amide bonds. The predicted octanol–water partition coefficient (Wildman–Crippen LogP) is -3.88. The lowest BCUT2D eigenvalue weighted by molar-refractivity contribution is -0.147. The Morgan fingerprint density at radius 3 is 1.88 bits per heavy atom. The normalized spacial score (nSPS) is 17.9. The van der Waals surface area contributed by atoms with Crippen molar-refractivity contribution in [2.24, 2.45) is 38.7 Å². The maximum atomic E-state index is 14.5. The number of carboxylic acids is 1. The molecule has 18 N–H and O–H groups in total. The van der Waals surface area contributed by atoms with E-state index in [-0.39, 0.29) is 83.0 Å². The smallest absolute Gasteiger partial charge is 0.326 e. The number of carbonyl (C=O) groups is 9. The fourth-order valence-electron chi connectivity index (χ4n) is 9.47. The fraction of sp³-hybridized carbons (Fsp3) is 0.491. The van der Waals surface area contributed by atoms with E-state index in [1.165, 1.54) is 28.2 Å². The number of aliphatic hydroxyl groups is 2. The number of benzene rings is 2. The van der Waals surface area contributed by atoms with Gasteiger partial charge in [-0.3, -0.25) is 48.3 Å². The third kappa shape index (κ3) is 19.5. The van der Waals surface area contributed by atoms with Crippen LogP contribution in [0.15, 0.2) is 88.2 Å². The number of aliphatic carboxylic acids is 1. The number of amides is 8. The number of nitrogens with two attached hydrogens (primary N) is 5. The van der Waals surface area contributed by atoms with Gasteiger partial charge in [-0.05, 0) is 61.1 Å². The lowest BCUT2D eigenvalue weighted by Crippen LogP contribution is -2.61. The van der Waals surface area contributed by atoms with E-state index in [0.29, 0.717) is 35.3 Å². The Hall–Kier alpha value is -8.21. The minimum Gasteiger partial charge on any atom is -0.480 e. The van der Waals surface area contributed by atoms with Crippen LogP contribution in [0.3, 0.4) is 0 Å². The highest BCUT2D eigenvalue weighted by atomic mass is 32.1. The fourth-order valence-corrected chi connectivity index (χ4v) is 10.2. The second-order valence-corrected chi connectivity index (χ2v) is 20.8. The number of guanidine groups is 2. The van der Waals surface area contributed by atoms with E-state index >= 15 is 0 Å². The molecule has 0 aliphatic carbocycles. The van der Waals surface area contributed by atoms with E-state index in [1.54, 1.807) is 78.2 Å². The Balaban J connectivity index is 1.27. The standard InChI is InChI=1S/C53H75N15O12S/c1-66(41(25-32-14-6-3-7-15-32)47(75)64-37(24-31-12-4-2-5-13-31)44(72)63-36(51(79)80)18-9-21-60-53(57)58)49(77)39(30-69)65-45(73)38(27-34-16-11-23-81-34)62-43(71)28-61-46(74)42-26-33(70)29-68(42)50(78)40-19-10-22-67(40)48(76)35(54)17-8-20-59-52(55)56/h2-7,11-16,23,33,35-42,69-70H,8-10,17-22,24-30,54H2,1H3,(H,61,74)(H,62,71)(H,63,72)(H,64,75)(H,65,73)(H,79,80)(H4,55,56,59)(H4,57,58,60)/t33?,35-,36+,37+,38+,39+,40+,41-,42+/m1/s1. The van der Waals surface area contributed by atoms with Gasteiger partial charge in [0, 0.05) is 63.8 Å². The molecule has 27 nitrogen and oxygen atoms in total. The maximum Gasteiger partial charge on any atom is 0.326 e. The molecule has 2 aromatic carbocycles. The summed E-state index contributed by atoms with van der Waals surface area (Å²) in [5.74, 6) is -7.79. The second-order valence-electron chi connectivity index (χ2n) is 19.8. The molecule has 28 heteroatoms. The molecule has 3 aromatic rings. The molecule has 5 rings (SSSR count). The molecule has 1 aromatic heterocycles. The van der Waals surface area contributed by atoms with Crippen LogP contribution in [0.25, 0.3) is 0 Å². The number of hydrogen-bond donors (Lipinski definition) is 13. The van der Waals surface area contributed by atoms with Crippen LogP contribution < -0.4 is 55.3 Å². The van der Waals surface area contributed by atoms with Crippen molar-refractivity contribution in [1.29, 1.82) is 0 Å². The van der Waals surface area contributed by atoms with Gasteiger partial charge in [-0.15, -0.1) is 11.3 Å². The number of carbonyl (C=O) groups excluding carboxylic acids is 8. The highest BCUT2D eigenvalue weighted by molar-refractivity contribution is 7.09. The number of nitrogens with one attached hydrogen (secondary N) is 5. The van der Waals surface area contributed by atoms with Crippen molar-refractivity contribution in [1.82, 2.24) is 41.3 Å². The summed E-state index contributed by atoms with van der Waals surface area (Å²) in [5.41, 5.74) is 28.9. The van der Waals surface area contributed by atoms with Crippen LogP contribution in [-0.4, -0.2) is 196 Å². The van der Waals surface area contributed by atoms with Crippen molar-refractivity contribution in [3.8, 4) is 0 Å². The van der Waals surface area contributed by atoms with Crippen LogP contribution in [0.4, 0.5) is 0 Å². The minimum atomic E-state index is -1.69. The number of aliphatic imine (C=N–C) groups is 2. The highest BCUT2D eigenvalue weighted by Crippen LogP contribution is 2.26. The number of aliphatic hydroxyl groups excluding tert-OH is 2. The third-order valence-electron chi connectivity index (χ3n) is 13.7. The Morgan fingerprint density at radius 2 is 1.30 bits per heavy atom. The topological polar surface area (TPSA) is 439 Å². The van der Waals surface area contributed by atoms with Crippen molar-refractivity contribution in [2.45, 2.75) is 119 Å². The van der Waals surface area contributed by atoms with Gasteiger partial charge >= 0.3 is 5.97 Å². The first-order valence-electron chi connectivity index (χ1n) is 26.5. The van der Waals surface area contributed by atoms with Crippen molar-refractivity contribution >= 4 is 76.5 Å². The molecular formula is C53H75N15O12S. The molecule has 0 spiro atoms. The van der Waals surface area contributed by atoms with E-state index < -0.39 is 121 Å². The largest absolute Gasteiger partial charge is 0.480 e. The predicted molar refractivity (Wildman–Crippen MR) is 299 cm³/mol. The number of likely N-dealkylation sites (tertiary alicyclic amines) is 2. The van der Waals surface area contributed by atoms with Crippen LogP contribution in [0, 0.1) is 0 Å². The van der Waals surface area contributed by atoms with Gasteiger partial charge in [-0.25, -0.2) is 4.79 Å².